The summed E-state index contributed by atoms with van der Waals surface area (Å²) in [5, 5.41) is 1.04. The van der Waals surface area contributed by atoms with Crippen molar-refractivity contribution in [3.8, 4) is 0 Å². The summed E-state index contributed by atoms with van der Waals surface area (Å²) in [6.45, 7) is 0.156. The van der Waals surface area contributed by atoms with Crippen molar-refractivity contribution in [2.75, 3.05) is 0 Å². The SMILES string of the molecule is NC(=O)Cn1cc(C=Nc2ccccc2Br)c2ccccc21. The first kappa shape index (κ1) is 14.5. The summed E-state index contributed by atoms with van der Waals surface area (Å²) in [6, 6.07) is 15.6. The third kappa shape index (κ3) is 2.94. The van der Waals surface area contributed by atoms with E-state index in [0.29, 0.717) is 0 Å². The van der Waals surface area contributed by atoms with Gasteiger partial charge in [0.25, 0.3) is 0 Å². The van der Waals surface area contributed by atoms with E-state index < -0.39 is 0 Å². The Kier molecular flexibility index (Phi) is 4.06. The molecular formula is C17H14BrN3O. The molecule has 1 amide bonds. The molecule has 0 aliphatic rings. The number of hydrogen-bond acceptors (Lipinski definition) is 2. The Morgan fingerprint density at radius 3 is 2.68 bits per heavy atom. The zero-order valence-corrected chi connectivity index (χ0v) is 13.3. The highest BCUT2D eigenvalue weighted by molar-refractivity contribution is 9.10. The molecule has 3 aromatic rings. The topological polar surface area (TPSA) is 60.4 Å². The van der Waals surface area contributed by atoms with Gasteiger partial charge in [0.05, 0.1) is 5.69 Å². The fourth-order valence-electron chi connectivity index (χ4n) is 2.37. The van der Waals surface area contributed by atoms with Crippen LogP contribution in [0, 0.1) is 0 Å². The molecule has 110 valence electrons. The van der Waals surface area contributed by atoms with Crippen LogP contribution < -0.4 is 5.73 Å². The summed E-state index contributed by atoms with van der Waals surface area (Å²) in [5.74, 6) is -0.366. The lowest BCUT2D eigenvalue weighted by molar-refractivity contribution is -0.118. The Hall–Kier alpha value is -2.40. The Bertz CT molecular complexity index is 867. The summed E-state index contributed by atoms with van der Waals surface area (Å²) in [6.07, 6.45) is 3.70. The van der Waals surface area contributed by atoms with Crippen LogP contribution in [0.1, 0.15) is 5.56 Å². The van der Waals surface area contributed by atoms with Gasteiger partial charge in [-0.3, -0.25) is 9.79 Å². The van der Waals surface area contributed by atoms with Crippen molar-refractivity contribution in [3.05, 3.63) is 64.8 Å². The molecule has 3 rings (SSSR count). The summed E-state index contributed by atoms with van der Waals surface area (Å²) >= 11 is 3.48. The number of fused-ring (bicyclic) bond motifs is 1. The molecule has 1 heterocycles. The second-order valence-corrected chi connectivity index (χ2v) is 5.76. The van der Waals surface area contributed by atoms with E-state index >= 15 is 0 Å². The van der Waals surface area contributed by atoms with Crippen LogP contribution in [0.4, 0.5) is 5.69 Å². The van der Waals surface area contributed by atoms with Gasteiger partial charge in [-0.15, -0.1) is 0 Å². The standard InChI is InChI=1S/C17H14BrN3O/c18-14-6-2-3-7-15(14)20-9-12-10-21(11-17(19)22)16-8-4-1-5-13(12)16/h1-10H,11H2,(H2,19,22). The minimum atomic E-state index is -0.366. The molecule has 4 nitrogen and oxygen atoms in total. The number of aromatic nitrogens is 1. The van der Waals surface area contributed by atoms with Crippen molar-refractivity contribution < 1.29 is 4.79 Å². The number of para-hydroxylation sites is 2. The number of aliphatic imine (C=N–C) groups is 1. The van der Waals surface area contributed by atoms with Crippen LogP contribution in [0.5, 0.6) is 0 Å². The first-order valence-electron chi connectivity index (χ1n) is 6.80. The second-order valence-electron chi connectivity index (χ2n) is 4.91. The van der Waals surface area contributed by atoms with Crippen molar-refractivity contribution in [2.45, 2.75) is 6.54 Å². The van der Waals surface area contributed by atoms with Crippen LogP contribution in [0.3, 0.4) is 0 Å². The van der Waals surface area contributed by atoms with Gasteiger partial charge < -0.3 is 10.3 Å². The monoisotopic (exact) mass is 355 g/mol. The number of halogens is 1. The highest BCUT2D eigenvalue weighted by atomic mass is 79.9. The van der Waals surface area contributed by atoms with Gasteiger partial charge in [0.15, 0.2) is 0 Å². The van der Waals surface area contributed by atoms with E-state index in [2.05, 4.69) is 20.9 Å². The largest absolute Gasteiger partial charge is 0.368 e. The van der Waals surface area contributed by atoms with Crippen LogP contribution in [-0.4, -0.2) is 16.7 Å². The van der Waals surface area contributed by atoms with Gasteiger partial charge in [-0.25, -0.2) is 0 Å². The summed E-state index contributed by atoms with van der Waals surface area (Å²) in [5.41, 5.74) is 8.08. The molecule has 0 radical (unpaired) electrons. The maximum absolute atomic E-state index is 11.2. The number of nitrogens with zero attached hydrogens (tertiary/aromatic N) is 2. The Labute approximate surface area is 136 Å². The fourth-order valence-corrected chi connectivity index (χ4v) is 2.76. The molecule has 0 bridgehead atoms. The molecule has 0 unspecified atom stereocenters. The molecule has 0 spiro atoms. The normalized spacial score (nSPS) is 11.3. The highest BCUT2D eigenvalue weighted by Crippen LogP contribution is 2.25. The molecule has 22 heavy (non-hydrogen) atoms. The zero-order chi connectivity index (χ0) is 15.5. The fraction of sp³-hybridized carbons (Fsp3) is 0.0588. The lowest BCUT2D eigenvalue weighted by Crippen LogP contribution is -2.17. The number of benzene rings is 2. The van der Waals surface area contributed by atoms with Crippen LogP contribution in [0.15, 0.2) is 64.2 Å². The van der Waals surface area contributed by atoms with Gasteiger partial charge >= 0.3 is 0 Å². The number of nitrogens with two attached hydrogens (primary N) is 1. The van der Waals surface area contributed by atoms with Gasteiger partial charge in [0, 0.05) is 33.4 Å². The van der Waals surface area contributed by atoms with Crippen LogP contribution >= 0.6 is 15.9 Å². The van der Waals surface area contributed by atoms with Gasteiger partial charge in [-0.05, 0) is 34.1 Å². The number of primary amides is 1. The van der Waals surface area contributed by atoms with Crippen LogP contribution in [0.2, 0.25) is 0 Å². The molecule has 0 aliphatic heterocycles. The molecule has 0 saturated carbocycles. The van der Waals surface area contributed by atoms with Crippen molar-refractivity contribution in [2.24, 2.45) is 10.7 Å². The molecule has 0 aliphatic carbocycles. The Morgan fingerprint density at radius 2 is 1.91 bits per heavy atom. The van der Waals surface area contributed by atoms with Crippen molar-refractivity contribution >= 4 is 44.6 Å². The molecule has 5 heteroatoms. The Balaban J connectivity index is 2.04. The summed E-state index contributed by atoms with van der Waals surface area (Å²) < 4.78 is 2.78. The van der Waals surface area contributed by atoms with Crippen molar-refractivity contribution in [1.29, 1.82) is 0 Å². The molecule has 2 N–H and O–H groups in total. The molecule has 0 atom stereocenters. The van der Waals surface area contributed by atoms with Gasteiger partial charge in [0.2, 0.25) is 5.91 Å². The van der Waals surface area contributed by atoms with E-state index in [1.165, 1.54) is 0 Å². The van der Waals surface area contributed by atoms with E-state index in [1.54, 1.807) is 6.21 Å². The van der Waals surface area contributed by atoms with Gasteiger partial charge in [0.1, 0.15) is 6.54 Å². The summed E-state index contributed by atoms with van der Waals surface area (Å²) in [7, 11) is 0. The number of rotatable bonds is 4. The maximum Gasteiger partial charge on any atom is 0.237 e. The lowest BCUT2D eigenvalue weighted by Gasteiger charge is -2.00. The van der Waals surface area contributed by atoms with Crippen molar-refractivity contribution in [3.63, 3.8) is 0 Å². The predicted molar refractivity (Wildman–Crippen MR) is 92.5 cm³/mol. The third-order valence-corrected chi connectivity index (χ3v) is 4.01. The van der Waals surface area contributed by atoms with E-state index in [4.69, 9.17) is 5.73 Å². The zero-order valence-electron chi connectivity index (χ0n) is 11.7. The quantitative estimate of drug-likeness (QED) is 0.713. The number of amides is 1. The first-order valence-corrected chi connectivity index (χ1v) is 7.59. The number of carbonyl (C=O) groups excluding carboxylic acids is 1. The molecule has 2 aromatic carbocycles. The van der Waals surface area contributed by atoms with Crippen LogP contribution in [0.25, 0.3) is 10.9 Å². The molecular weight excluding hydrogens is 342 g/mol. The second kappa shape index (κ2) is 6.15. The average molecular weight is 356 g/mol. The van der Waals surface area contributed by atoms with Gasteiger partial charge in [-0.2, -0.15) is 0 Å². The minimum Gasteiger partial charge on any atom is -0.368 e. The number of hydrogen-bond donors (Lipinski definition) is 1. The first-order chi connectivity index (χ1) is 10.6. The van der Waals surface area contributed by atoms with E-state index in [-0.39, 0.29) is 12.5 Å². The lowest BCUT2D eigenvalue weighted by atomic mass is 10.2. The van der Waals surface area contributed by atoms with Crippen molar-refractivity contribution in [1.82, 2.24) is 4.57 Å². The molecule has 1 aromatic heterocycles. The predicted octanol–water partition coefficient (Wildman–Crippen LogP) is 3.64. The van der Waals surface area contributed by atoms with E-state index in [9.17, 15) is 4.79 Å². The third-order valence-electron chi connectivity index (χ3n) is 3.34. The average Bonchev–Trinajstić information content (AvgIpc) is 2.84. The maximum atomic E-state index is 11.2. The Morgan fingerprint density at radius 1 is 1.18 bits per heavy atom. The number of carbonyl (C=O) groups is 1. The highest BCUT2D eigenvalue weighted by Gasteiger charge is 2.08. The van der Waals surface area contributed by atoms with Gasteiger partial charge in [-0.1, -0.05) is 30.3 Å². The molecule has 0 saturated heterocycles. The summed E-state index contributed by atoms with van der Waals surface area (Å²) in [4.78, 5) is 15.7. The van der Waals surface area contributed by atoms with E-state index in [0.717, 1.165) is 26.6 Å². The van der Waals surface area contributed by atoms with Crippen LogP contribution in [-0.2, 0) is 11.3 Å². The van der Waals surface area contributed by atoms with E-state index in [1.807, 2.05) is 59.3 Å². The molecule has 0 fully saturated rings. The minimum absolute atomic E-state index is 0.156. The smallest absolute Gasteiger partial charge is 0.237 e.